The van der Waals surface area contributed by atoms with Crippen molar-refractivity contribution >= 4 is 5.91 Å². The largest absolute Gasteiger partial charge is 0.492 e. The second-order valence-electron chi connectivity index (χ2n) is 4.28. The first kappa shape index (κ1) is 15.4. The molecule has 0 aliphatic rings. The number of nitrogens with zero attached hydrogens (tertiary/aromatic N) is 2. The standard InChI is InChI=1S/C13H21N3O3/c1-2-3-4-5-6-7-10-19-16-13(18)11-12(17)15-9-8-14-11/h8-9H,2-7,10H2,1H3,(H,15,17)(H,16,18). The molecule has 0 atom stereocenters. The monoisotopic (exact) mass is 267 g/mol. The van der Waals surface area contributed by atoms with Gasteiger partial charge in [-0.15, -0.1) is 0 Å². The van der Waals surface area contributed by atoms with Crippen molar-refractivity contribution in [2.24, 2.45) is 0 Å². The molecular weight excluding hydrogens is 246 g/mol. The predicted octanol–water partition coefficient (Wildman–Crippen LogP) is 2.20. The summed E-state index contributed by atoms with van der Waals surface area (Å²) in [5.74, 6) is -0.986. The van der Waals surface area contributed by atoms with Gasteiger partial charge < -0.3 is 5.11 Å². The van der Waals surface area contributed by atoms with Gasteiger partial charge in [-0.2, -0.15) is 0 Å². The number of aromatic nitrogens is 2. The second kappa shape index (κ2) is 9.27. The third kappa shape index (κ3) is 6.15. The van der Waals surface area contributed by atoms with E-state index >= 15 is 0 Å². The fourth-order valence-electron chi connectivity index (χ4n) is 1.61. The zero-order chi connectivity index (χ0) is 13.9. The lowest BCUT2D eigenvalue weighted by Crippen LogP contribution is -2.25. The molecule has 0 saturated carbocycles. The Morgan fingerprint density at radius 2 is 1.89 bits per heavy atom. The SMILES string of the molecule is CCCCCCCCONC(=O)c1nccnc1O. The molecule has 0 unspecified atom stereocenters. The molecule has 106 valence electrons. The highest BCUT2D eigenvalue weighted by Gasteiger charge is 2.12. The zero-order valence-corrected chi connectivity index (χ0v) is 11.3. The number of aromatic hydroxyl groups is 1. The molecule has 1 aromatic rings. The van der Waals surface area contributed by atoms with Crippen molar-refractivity contribution in [3.63, 3.8) is 0 Å². The van der Waals surface area contributed by atoms with Crippen LogP contribution in [0.4, 0.5) is 0 Å². The van der Waals surface area contributed by atoms with E-state index in [-0.39, 0.29) is 5.69 Å². The van der Waals surface area contributed by atoms with Crippen LogP contribution in [0.5, 0.6) is 5.88 Å². The Labute approximate surface area is 113 Å². The number of amides is 1. The summed E-state index contributed by atoms with van der Waals surface area (Å²) in [6.07, 6.45) is 9.57. The van der Waals surface area contributed by atoms with Crippen molar-refractivity contribution in [2.45, 2.75) is 45.4 Å². The van der Waals surface area contributed by atoms with Gasteiger partial charge in [0.1, 0.15) is 0 Å². The van der Waals surface area contributed by atoms with Crippen LogP contribution in [0.3, 0.4) is 0 Å². The molecule has 6 heteroatoms. The highest BCUT2D eigenvalue weighted by atomic mass is 16.6. The van der Waals surface area contributed by atoms with Gasteiger partial charge in [0, 0.05) is 12.4 Å². The first-order valence-corrected chi connectivity index (χ1v) is 6.67. The summed E-state index contributed by atoms with van der Waals surface area (Å²) < 4.78 is 0. The molecule has 1 aromatic heterocycles. The van der Waals surface area contributed by atoms with E-state index in [4.69, 9.17) is 4.84 Å². The van der Waals surface area contributed by atoms with Gasteiger partial charge in [-0.25, -0.2) is 15.4 Å². The van der Waals surface area contributed by atoms with E-state index in [0.29, 0.717) is 6.61 Å². The van der Waals surface area contributed by atoms with Crippen LogP contribution in [0.1, 0.15) is 55.9 Å². The number of carbonyl (C=O) groups excluding carboxylic acids is 1. The topological polar surface area (TPSA) is 84.3 Å². The first-order valence-electron chi connectivity index (χ1n) is 6.67. The summed E-state index contributed by atoms with van der Waals surface area (Å²) >= 11 is 0. The Morgan fingerprint density at radius 1 is 1.21 bits per heavy atom. The van der Waals surface area contributed by atoms with Gasteiger partial charge >= 0.3 is 0 Å². The Bertz CT molecular complexity index is 385. The lowest BCUT2D eigenvalue weighted by Gasteiger charge is -2.05. The molecular formula is C13H21N3O3. The number of hydrogen-bond acceptors (Lipinski definition) is 5. The fraction of sp³-hybridized carbons (Fsp3) is 0.615. The summed E-state index contributed by atoms with van der Waals surface area (Å²) in [4.78, 5) is 23.9. The Balaban J connectivity index is 2.10. The van der Waals surface area contributed by atoms with Crippen LogP contribution in [-0.4, -0.2) is 27.6 Å². The molecule has 0 fully saturated rings. The average Bonchev–Trinajstić information content (AvgIpc) is 2.42. The van der Waals surface area contributed by atoms with Crippen LogP contribution in [-0.2, 0) is 4.84 Å². The van der Waals surface area contributed by atoms with Crippen molar-refractivity contribution in [3.8, 4) is 5.88 Å². The van der Waals surface area contributed by atoms with Crippen LogP contribution in [0.25, 0.3) is 0 Å². The number of hydroxylamine groups is 1. The number of rotatable bonds is 9. The molecule has 0 aromatic carbocycles. The molecule has 0 saturated heterocycles. The Kier molecular flexibility index (Phi) is 7.50. The second-order valence-corrected chi connectivity index (χ2v) is 4.28. The van der Waals surface area contributed by atoms with Gasteiger partial charge in [0.05, 0.1) is 6.61 Å². The summed E-state index contributed by atoms with van der Waals surface area (Å²) in [5.41, 5.74) is 2.11. The van der Waals surface area contributed by atoms with Gasteiger partial charge in [-0.05, 0) is 6.42 Å². The average molecular weight is 267 g/mol. The Morgan fingerprint density at radius 3 is 2.63 bits per heavy atom. The van der Waals surface area contributed by atoms with E-state index in [1.165, 1.54) is 38.1 Å². The maximum absolute atomic E-state index is 11.5. The smallest absolute Gasteiger partial charge is 0.299 e. The van der Waals surface area contributed by atoms with E-state index in [1.54, 1.807) is 0 Å². The highest BCUT2D eigenvalue weighted by molar-refractivity contribution is 5.93. The number of unbranched alkanes of at least 4 members (excludes halogenated alkanes) is 5. The molecule has 6 nitrogen and oxygen atoms in total. The molecule has 1 amide bonds. The van der Waals surface area contributed by atoms with E-state index in [9.17, 15) is 9.90 Å². The van der Waals surface area contributed by atoms with Crippen molar-refractivity contribution in [3.05, 3.63) is 18.1 Å². The summed E-state index contributed by atoms with van der Waals surface area (Å²) in [6, 6.07) is 0. The Hall–Kier alpha value is -1.69. The van der Waals surface area contributed by atoms with Gasteiger partial charge in [0.2, 0.25) is 5.88 Å². The van der Waals surface area contributed by atoms with Crippen molar-refractivity contribution in [1.82, 2.24) is 15.4 Å². The lowest BCUT2D eigenvalue weighted by atomic mass is 10.1. The number of nitrogens with one attached hydrogen (secondary N) is 1. The fourth-order valence-corrected chi connectivity index (χ4v) is 1.61. The molecule has 0 radical (unpaired) electrons. The van der Waals surface area contributed by atoms with Crippen LogP contribution in [0, 0.1) is 0 Å². The summed E-state index contributed by atoms with van der Waals surface area (Å²) in [7, 11) is 0. The molecule has 19 heavy (non-hydrogen) atoms. The van der Waals surface area contributed by atoms with E-state index in [2.05, 4.69) is 22.4 Å². The molecule has 1 heterocycles. The summed E-state index contributed by atoms with van der Waals surface area (Å²) in [6.45, 7) is 2.64. The van der Waals surface area contributed by atoms with E-state index in [1.807, 2.05) is 0 Å². The molecule has 1 rings (SSSR count). The molecule has 0 aliphatic heterocycles. The van der Waals surface area contributed by atoms with Gasteiger partial charge in [0.15, 0.2) is 5.69 Å². The van der Waals surface area contributed by atoms with Crippen LogP contribution in [0.15, 0.2) is 12.4 Å². The maximum Gasteiger partial charge on any atom is 0.299 e. The van der Waals surface area contributed by atoms with Gasteiger partial charge in [-0.1, -0.05) is 39.0 Å². The number of hydrogen-bond donors (Lipinski definition) is 2. The third-order valence-electron chi connectivity index (χ3n) is 2.66. The van der Waals surface area contributed by atoms with E-state index < -0.39 is 11.8 Å². The van der Waals surface area contributed by atoms with Crippen molar-refractivity contribution in [2.75, 3.05) is 6.61 Å². The van der Waals surface area contributed by atoms with Crippen molar-refractivity contribution in [1.29, 1.82) is 0 Å². The van der Waals surface area contributed by atoms with Crippen molar-refractivity contribution < 1.29 is 14.7 Å². The first-order chi connectivity index (χ1) is 9.25. The number of carbonyl (C=O) groups is 1. The molecule has 2 N–H and O–H groups in total. The lowest BCUT2D eigenvalue weighted by molar-refractivity contribution is 0.0290. The third-order valence-corrected chi connectivity index (χ3v) is 2.66. The molecule has 0 aliphatic carbocycles. The van der Waals surface area contributed by atoms with Gasteiger partial charge in [-0.3, -0.25) is 9.63 Å². The minimum absolute atomic E-state index is 0.134. The summed E-state index contributed by atoms with van der Waals surface area (Å²) in [5, 5.41) is 9.31. The normalized spacial score (nSPS) is 10.4. The maximum atomic E-state index is 11.5. The van der Waals surface area contributed by atoms with Crippen LogP contribution >= 0.6 is 0 Å². The van der Waals surface area contributed by atoms with Crippen LogP contribution < -0.4 is 5.48 Å². The molecule has 0 spiro atoms. The van der Waals surface area contributed by atoms with Gasteiger partial charge in [0.25, 0.3) is 5.91 Å². The minimum atomic E-state index is -0.586. The predicted molar refractivity (Wildman–Crippen MR) is 70.5 cm³/mol. The van der Waals surface area contributed by atoms with E-state index in [0.717, 1.165) is 12.8 Å². The zero-order valence-electron chi connectivity index (χ0n) is 11.3. The quantitative estimate of drug-likeness (QED) is 0.529. The highest BCUT2D eigenvalue weighted by Crippen LogP contribution is 2.08. The molecule has 0 bridgehead atoms. The van der Waals surface area contributed by atoms with Crippen LogP contribution in [0.2, 0.25) is 0 Å². The minimum Gasteiger partial charge on any atom is -0.492 e.